The van der Waals surface area contributed by atoms with Gasteiger partial charge in [-0.15, -0.1) is 0 Å². The second-order valence-electron chi connectivity index (χ2n) is 21.0. The Morgan fingerprint density at radius 2 is 0.860 bits per heavy atom. The summed E-state index contributed by atoms with van der Waals surface area (Å²) in [5, 5.41) is 0. The van der Waals surface area contributed by atoms with E-state index in [1.54, 1.807) is 38.9 Å². The molecule has 0 amide bonds. The molecule has 5 aromatic carbocycles. The van der Waals surface area contributed by atoms with Crippen molar-refractivity contribution in [2.45, 2.75) is 127 Å². The van der Waals surface area contributed by atoms with Gasteiger partial charge in [-0.1, -0.05) is 156 Å². The topological polar surface area (TPSA) is 6.48 Å². The summed E-state index contributed by atoms with van der Waals surface area (Å²) >= 11 is 0. The number of nitrogens with zero attached hydrogens (tertiary/aromatic N) is 2. The van der Waals surface area contributed by atoms with Crippen molar-refractivity contribution in [2.75, 3.05) is 9.80 Å². The molecule has 8 unspecified atom stereocenters. The van der Waals surface area contributed by atoms with Crippen LogP contribution in [0.4, 0.5) is 22.7 Å². The minimum Gasteiger partial charge on any atom is -0.335 e. The summed E-state index contributed by atoms with van der Waals surface area (Å²) in [5.41, 5.74) is 19.9. The normalized spacial score (nSPS) is 34.7. The molecule has 4 fully saturated rings. The Hall–Kier alpha value is -4.24. The fraction of sp³-hybridized carbons (Fsp3) is 0.444. The molecular formula is C54H57BN2. The van der Waals surface area contributed by atoms with Crippen LogP contribution < -0.4 is 26.2 Å². The van der Waals surface area contributed by atoms with E-state index in [9.17, 15) is 0 Å². The summed E-state index contributed by atoms with van der Waals surface area (Å²) in [6.45, 7) is 11.0. The lowest BCUT2D eigenvalue weighted by atomic mass is 9.33. The largest absolute Gasteiger partial charge is 0.335 e. The average Bonchev–Trinajstić information content (AvgIpc) is 3.58. The molecular weight excluding hydrogens is 687 g/mol. The number of fused-ring (bicyclic) bond motifs is 12. The quantitative estimate of drug-likeness (QED) is 0.166. The number of hydrogen-bond donors (Lipinski definition) is 0. The van der Waals surface area contributed by atoms with Crippen molar-refractivity contribution in [3.63, 3.8) is 0 Å². The van der Waals surface area contributed by atoms with Crippen LogP contribution in [0.1, 0.15) is 116 Å². The van der Waals surface area contributed by atoms with E-state index in [1.165, 1.54) is 111 Å². The van der Waals surface area contributed by atoms with Crippen LogP contribution in [0.5, 0.6) is 0 Å². The molecule has 57 heavy (non-hydrogen) atoms. The summed E-state index contributed by atoms with van der Waals surface area (Å²) < 4.78 is 0. The monoisotopic (exact) mass is 744 g/mol. The van der Waals surface area contributed by atoms with Crippen molar-refractivity contribution >= 4 is 45.9 Å². The summed E-state index contributed by atoms with van der Waals surface area (Å²) in [4.78, 5) is 5.98. The van der Waals surface area contributed by atoms with Crippen LogP contribution >= 0.6 is 0 Å². The number of anilines is 4. The summed E-state index contributed by atoms with van der Waals surface area (Å²) in [6.07, 6.45) is 16.4. The molecule has 0 aromatic heterocycles. The van der Waals surface area contributed by atoms with E-state index in [0.29, 0.717) is 0 Å². The highest BCUT2D eigenvalue weighted by Gasteiger charge is 2.68. The van der Waals surface area contributed by atoms with Crippen LogP contribution in [0.15, 0.2) is 103 Å². The van der Waals surface area contributed by atoms with Crippen molar-refractivity contribution in [1.29, 1.82) is 0 Å². The van der Waals surface area contributed by atoms with Gasteiger partial charge in [0.15, 0.2) is 0 Å². The van der Waals surface area contributed by atoms with Gasteiger partial charge in [0.05, 0.1) is 11.1 Å². The molecule has 4 aliphatic heterocycles. The van der Waals surface area contributed by atoms with Gasteiger partial charge in [0.25, 0.3) is 6.71 Å². The number of benzene rings is 5. The molecule has 0 radical (unpaired) electrons. The molecule has 0 bridgehead atoms. The minimum atomic E-state index is -0.000244. The van der Waals surface area contributed by atoms with Gasteiger partial charge < -0.3 is 9.80 Å². The predicted octanol–water partition coefficient (Wildman–Crippen LogP) is 11.7. The molecule has 3 heteroatoms. The van der Waals surface area contributed by atoms with E-state index in [-0.39, 0.29) is 28.6 Å². The Labute approximate surface area is 341 Å². The highest BCUT2D eigenvalue weighted by atomic mass is 15.3. The zero-order chi connectivity index (χ0) is 38.1. The van der Waals surface area contributed by atoms with Crippen molar-refractivity contribution in [3.05, 3.63) is 114 Å². The molecule has 0 saturated heterocycles. The third-order valence-electron chi connectivity index (χ3n) is 18.7. The van der Waals surface area contributed by atoms with Crippen LogP contribution in [-0.4, -0.2) is 17.8 Å². The van der Waals surface area contributed by atoms with E-state index in [0.717, 1.165) is 23.7 Å². The van der Waals surface area contributed by atoms with E-state index >= 15 is 0 Å². The molecule has 2 nitrogen and oxygen atoms in total. The van der Waals surface area contributed by atoms with Crippen LogP contribution in [0.25, 0.3) is 22.3 Å². The van der Waals surface area contributed by atoms with Gasteiger partial charge >= 0.3 is 0 Å². The first kappa shape index (κ1) is 33.7. The lowest BCUT2D eigenvalue weighted by molar-refractivity contribution is 0.0580. The van der Waals surface area contributed by atoms with E-state index < -0.39 is 0 Å². The second-order valence-corrected chi connectivity index (χ2v) is 21.0. The van der Waals surface area contributed by atoms with Gasteiger partial charge in [-0.2, -0.15) is 0 Å². The minimum absolute atomic E-state index is 0.000244. The van der Waals surface area contributed by atoms with E-state index in [4.69, 9.17) is 0 Å². The van der Waals surface area contributed by atoms with Crippen molar-refractivity contribution in [1.82, 2.24) is 0 Å². The first-order valence-electron chi connectivity index (χ1n) is 22.9. The Balaban J connectivity index is 1.12. The molecule has 8 atom stereocenters. The Morgan fingerprint density at radius 3 is 1.28 bits per heavy atom. The van der Waals surface area contributed by atoms with E-state index in [2.05, 4.69) is 141 Å². The third-order valence-corrected chi connectivity index (χ3v) is 18.7. The van der Waals surface area contributed by atoms with Gasteiger partial charge in [0, 0.05) is 33.6 Å². The third kappa shape index (κ3) is 3.97. The Bertz CT molecular complexity index is 2340. The maximum absolute atomic E-state index is 2.99. The standard InChI is InChI=1S/C54H57BN2/c1-51-30-36-20-11-13-22-38(36)32-53(51,3)56-44-24-15-25-45-48(44)55(42-28-26-40(46(51)49(42)56)34-16-7-5-8-17-34)43-29-27-41(35-18-9-6-10-19-35)47-50(43)57(45)54(4)33-39-23-14-12-21-37(39)31-52(47,54)2/h5-10,15-19,24-29,36-39H,11-14,20-23,30-33H2,1-4H3. The lowest BCUT2D eigenvalue weighted by Crippen LogP contribution is -2.67. The second kappa shape index (κ2) is 11.3. The van der Waals surface area contributed by atoms with Gasteiger partial charge in [-0.05, 0) is 125 Å². The molecule has 8 aliphatic rings. The van der Waals surface area contributed by atoms with Crippen LogP contribution in [-0.2, 0) is 10.8 Å². The predicted molar refractivity (Wildman–Crippen MR) is 240 cm³/mol. The molecule has 4 heterocycles. The van der Waals surface area contributed by atoms with Crippen LogP contribution in [0, 0.1) is 23.7 Å². The van der Waals surface area contributed by atoms with Crippen molar-refractivity contribution in [2.24, 2.45) is 23.7 Å². The van der Waals surface area contributed by atoms with E-state index in [1.807, 2.05) is 0 Å². The fourth-order valence-corrected chi connectivity index (χ4v) is 16.0. The van der Waals surface area contributed by atoms with Crippen molar-refractivity contribution < 1.29 is 0 Å². The highest BCUT2D eigenvalue weighted by Crippen LogP contribution is 2.69. The first-order chi connectivity index (χ1) is 27.8. The fourth-order valence-electron chi connectivity index (χ4n) is 16.0. The average molecular weight is 745 g/mol. The summed E-state index contributed by atoms with van der Waals surface area (Å²) in [7, 11) is 0. The van der Waals surface area contributed by atoms with Crippen molar-refractivity contribution in [3.8, 4) is 22.3 Å². The lowest BCUT2D eigenvalue weighted by Gasteiger charge is -2.58. The summed E-state index contributed by atoms with van der Waals surface area (Å²) in [5.74, 6) is 3.28. The molecule has 286 valence electrons. The smallest absolute Gasteiger partial charge is 0.252 e. The Morgan fingerprint density at radius 1 is 0.456 bits per heavy atom. The molecule has 0 spiro atoms. The molecule has 4 saturated carbocycles. The van der Waals surface area contributed by atoms with Crippen LogP contribution in [0.3, 0.4) is 0 Å². The summed E-state index contributed by atoms with van der Waals surface area (Å²) in [6, 6.07) is 40.8. The molecule has 0 N–H and O–H groups in total. The molecule has 13 rings (SSSR count). The number of rotatable bonds is 2. The highest BCUT2D eigenvalue weighted by molar-refractivity contribution is 7.00. The SMILES string of the molecule is CC12CC3CCCCC3CC1(C)N1c3cccc4c3B(c3ccc(-c5ccccc5)c2c31)c1ccc(-c2ccccc2)c2c1N4C1(C)CC3CCCCC3CC21C. The molecule has 4 aliphatic carbocycles. The van der Waals surface area contributed by atoms with Crippen LogP contribution in [0.2, 0.25) is 0 Å². The Kier molecular flexibility index (Phi) is 6.67. The zero-order valence-electron chi connectivity index (χ0n) is 34.6. The zero-order valence-corrected chi connectivity index (χ0v) is 34.6. The van der Waals surface area contributed by atoms with Gasteiger partial charge in [-0.3, -0.25) is 0 Å². The first-order valence-corrected chi connectivity index (χ1v) is 22.9. The van der Waals surface area contributed by atoms with Gasteiger partial charge in [-0.25, -0.2) is 0 Å². The maximum atomic E-state index is 2.99. The maximum Gasteiger partial charge on any atom is 0.252 e. The number of hydrogen-bond acceptors (Lipinski definition) is 2. The van der Waals surface area contributed by atoms with Gasteiger partial charge in [0.1, 0.15) is 0 Å². The van der Waals surface area contributed by atoms with Gasteiger partial charge in [0.2, 0.25) is 0 Å². The molecule has 5 aromatic rings.